The summed E-state index contributed by atoms with van der Waals surface area (Å²) in [4.78, 5) is 11.9. The fourth-order valence-corrected chi connectivity index (χ4v) is 2.83. The molecule has 0 bridgehead atoms. The first-order chi connectivity index (χ1) is 9.83. The summed E-state index contributed by atoms with van der Waals surface area (Å²) in [5.74, 6) is 0.683. The van der Waals surface area contributed by atoms with E-state index < -0.39 is 0 Å². The molecule has 1 amide bonds. The third-order valence-corrected chi connectivity index (χ3v) is 4.13. The van der Waals surface area contributed by atoms with E-state index in [2.05, 4.69) is 34.9 Å². The van der Waals surface area contributed by atoms with Crippen molar-refractivity contribution in [1.29, 1.82) is 0 Å². The van der Waals surface area contributed by atoms with Crippen molar-refractivity contribution in [2.45, 2.75) is 37.3 Å². The number of hydrogen-bond donors (Lipinski definition) is 2. The van der Waals surface area contributed by atoms with Gasteiger partial charge in [-0.3, -0.25) is 4.79 Å². The number of carbonyl (C=O) groups is 1. The summed E-state index contributed by atoms with van der Waals surface area (Å²) in [6.07, 6.45) is 3.00. The molecule has 1 aromatic rings. The highest BCUT2D eigenvalue weighted by molar-refractivity contribution is 5.78. The third-order valence-electron chi connectivity index (χ3n) is 4.13. The van der Waals surface area contributed by atoms with Crippen LogP contribution in [0.2, 0.25) is 0 Å². The van der Waals surface area contributed by atoms with Crippen LogP contribution in [0.3, 0.4) is 0 Å². The molecule has 4 heteroatoms. The molecule has 2 unspecified atom stereocenters. The average molecular weight is 274 g/mol. The average Bonchev–Trinajstić information content (AvgIpc) is 3.27. The van der Waals surface area contributed by atoms with E-state index in [9.17, 15) is 4.79 Å². The molecule has 1 saturated carbocycles. The van der Waals surface area contributed by atoms with Gasteiger partial charge in [0.05, 0.1) is 6.54 Å². The second kappa shape index (κ2) is 6.37. The molecule has 20 heavy (non-hydrogen) atoms. The SMILES string of the molecule is O=C(CNC1CC1c1ccccc1)NC1CCOCC1. The van der Waals surface area contributed by atoms with Crippen LogP contribution in [0, 0.1) is 0 Å². The van der Waals surface area contributed by atoms with Crippen molar-refractivity contribution in [2.24, 2.45) is 0 Å². The fraction of sp³-hybridized carbons (Fsp3) is 0.562. The predicted molar refractivity (Wildman–Crippen MR) is 77.6 cm³/mol. The maximum atomic E-state index is 11.9. The summed E-state index contributed by atoms with van der Waals surface area (Å²) < 4.78 is 5.29. The van der Waals surface area contributed by atoms with Crippen LogP contribution in [0.25, 0.3) is 0 Å². The molecule has 3 rings (SSSR count). The Hall–Kier alpha value is -1.39. The summed E-state index contributed by atoms with van der Waals surface area (Å²) in [5.41, 5.74) is 1.37. The quantitative estimate of drug-likeness (QED) is 0.854. The lowest BCUT2D eigenvalue weighted by molar-refractivity contribution is -0.121. The van der Waals surface area contributed by atoms with E-state index >= 15 is 0 Å². The minimum atomic E-state index is 0.107. The van der Waals surface area contributed by atoms with Crippen molar-refractivity contribution in [2.75, 3.05) is 19.8 Å². The van der Waals surface area contributed by atoms with Crippen LogP contribution in [-0.2, 0) is 9.53 Å². The van der Waals surface area contributed by atoms with Crippen LogP contribution < -0.4 is 10.6 Å². The van der Waals surface area contributed by atoms with E-state index in [-0.39, 0.29) is 5.91 Å². The van der Waals surface area contributed by atoms with E-state index in [0.717, 1.165) is 32.5 Å². The maximum absolute atomic E-state index is 11.9. The Morgan fingerprint density at radius 1 is 1.20 bits per heavy atom. The van der Waals surface area contributed by atoms with Gasteiger partial charge in [-0.2, -0.15) is 0 Å². The first-order valence-corrected chi connectivity index (χ1v) is 7.48. The molecule has 2 N–H and O–H groups in total. The van der Waals surface area contributed by atoms with Crippen molar-refractivity contribution >= 4 is 5.91 Å². The molecule has 2 aliphatic rings. The van der Waals surface area contributed by atoms with Gasteiger partial charge in [0, 0.05) is 31.2 Å². The summed E-state index contributed by atoms with van der Waals surface area (Å²) >= 11 is 0. The number of carbonyl (C=O) groups excluding carboxylic acids is 1. The van der Waals surface area contributed by atoms with Crippen LogP contribution in [0.5, 0.6) is 0 Å². The highest BCUT2D eigenvalue weighted by Gasteiger charge is 2.37. The smallest absolute Gasteiger partial charge is 0.234 e. The molecular formula is C16H22N2O2. The minimum absolute atomic E-state index is 0.107. The lowest BCUT2D eigenvalue weighted by Gasteiger charge is -2.23. The van der Waals surface area contributed by atoms with Crippen molar-refractivity contribution in [3.05, 3.63) is 35.9 Å². The second-order valence-electron chi connectivity index (χ2n) is 5.69. The Morgan fingerprint density at radius 3 is 2.70 bits per heavy atom. The van der Waals surface area contributed by atoms with Gasteiger partial charge in [-0.25, -0.2) is 0 Å². The maximum Gasteiger partial charge on any atom is 0.234 e. The summed E-state index contributed by atoms with van der Waals surface area (Å²) in [6, 6.07) is 11.3. The Balaban J connectivity index is 1.37. The van der Waals surface area contributed by atoms with E-state index in [4.69, 9.17) is 4.74 Å². The molecule has 2 fully saturated rings. The lowest BCUT2D eigenvalue weighted by Crippen LogP contribution is -2.43. The molecule has 1 aromatic carbocycles. The number of hydrogen-bond acceptors (Lipinski definition) is 3. The summed E-state index contributed by atoms with van der Waals surface area (Å²) in [5, 5.41) is 6.43. The van der Waals surface area contributed by atoms with Crippen molar-refractivity contribution in [3.8, 4) is 0 Å². The van der Waals surface area contributed by atoms with Gasteiger partial charge in [-0.15, -0.1) is 0 Å². The number of ether oxygens (including phenoxy) is 1. The van der Waals surface area contributed by atoms with Gasteiger partial charge in [0.15, 0.2) is 0 Å². The molecule has 1 aliphatic carbocycles. The molecule has 1 aliphatic heterocycles. The largest absolute Gasteiger partial charge is 0.381 e. The topological polar surface area (TPSA) is 50.4 Å². The number of benzene rings is 1. The predicted octanol–water partition coefficient (Wildman–Crippen LogP) is 1.43. The van der Waals surface area contributed by atoms with E-state index in [1.165, 1.54) is 5.56 Å². The molecular weight excluding hydrogens is 252 g/mol. The van der Waals surface area contributed by atoms with Crippen molar-refractivity contribution in [1.82, 2.24) is 10.6 Å². The van der Waals surface area contributed by atoms with Gasteiger partial charge in [0.2, 0.25) is 5.91 Å². The molecule has 1 saturated heterocycles. The monoisotopic (exact) mass is 274 g/mol. The molecule has 108 valence electrons. The van der Waals surface area contributed by atoms with Crippen LogP contribution in [0.1, 0.15) is 30.7 Å². The number of rotatable bonds is 5. The first kappa shape index (κ1) is 13.6. The molecule has 0 radical (unpaired) electrons. The first-order valence-electron chi connectivity index (χ1n) is 7.48. The van der Waals surface area contributed by atoms with Gasteiger partial charge in [-0.05, 0) is 24.8 Å². The normalized spacial score (nSPS) is 26.2. The van der Waals surface area contributed by atoms with Gasteiger partial charge in [0.1, 0.15) is 0 Å². The molecule has 4 nitrogen and oxygen atoms in total. The molecule has 1 heterocycles. The zero-order valence-electron chi connectivity index (χ0n) is 11.7. The highest BCUT2D eigenvalue weighted by atomic mass is 16.5. The summed E-state index contributed by atoms with van der Waals surface area (Å²) in [7, 11) is 0. The summed E-state index contributed by atoms with van der Waals surface area (Å²) in [6.45, 7) is 1.94. The van der Waals surface area contributed by atoms with Gasteiger partial charge >= 0.3 is 0 Å². The Bertz CT molecular complexity index is 443. The fourth-order valence-electron chi connectivity index (χ4n) is 2.83. The van der Waals surface area contributed by atoms with E-state index in [1.807, 2.05) is 6.07 Å². The minimum Gasteiger partial charge on any atom is -0.381 e. The van der Waals surface area contributed by atoms with Gasteiger partial charge in [0.25, 0.3) is 0 Å². The van der Waals surface area contributed by atoms with Crippen molar-refractivity contribution < 1.29 is 9.53 Å². The highest BCUT2D eigenvalue weighted by Crippen LogP contribution is 2.40. The van der Waals surface area contributed by atoms with Crippen LogP contribution in [0.15, 0.2) is 30.3 Å². The number of amides is 1. The Labute approximate surface area is 119 Å². The van der Waals surface area contributed by atoms with Crippen molar-refractivity contribution in [3.63, 3.8) is 0 Å². The van der Waals surface area contributed by atoms with Crippen LogP contribution >= 0.6 is 0 Å². The molecule has 0 spiro atoms. The Morgan fingerprint density at radius 2 is 1.95 bits per heavy atom. The zero-order valence-corrected chi connectivity index (χ0v) is 11.7. The standard InChI is InChI=1S/C16H22N2O2/c19-16(18-13-6-8-20-9-7-13)11-17-15-10-14(15)12-4-2-1-3-5-12/h1-5,13-15,17H,6-11H2,(H,18,19). The zero-order chi connectivity index (χ0) is 13.8. The molecule has 0 aromatic heterocycles. The number of nitrogens with one attached hydrogen (secondary N) is 2. The van der Waals surface area contributed by atoms with Crippen LogP contribution in [0.4, 0.5) is 0 Å². The molecule has 2 atom stereocenters. The van der Waals surface area contributed by atoms with Gasteiger partial charge in [-0.1, -0.05) is 30.3 Å². The Kier molecular flexibility index (Phi) is 4.33. The van der Waals surface area contributed by atoms with E-state index in [1.54, 1.807) is 0 Å². The van der Waals surface area contributed by atoms with E-state index in [0.29, 0.717) is 24.5 Å². The van der Waals surface area contributed by atoms with Gasteiger partial charge < -0.3 is 15.4 Å². The third kappa shape index (κ3) is 3.58. The van der Waals surface area contributed by atoms with Crippen LogP contribution in [-0.4, -0.2) is 37.7 Å². The lowest BCUT2D eigenvalue weighted by atomic mass is 10.1. The second-order valence-corrected chi connectivity index (χ2v) is 5.69.